The zero-order valence-electron chi connectivity index (χ0n) is 25.5. The van der Waals surface area contributed by atoms with Gasteiger partial charge < -0.3 is 9.80 Å². The number of nitrogens with one attached hydrogen (secondary N) is 1. The SMILES string of the molecule is CN1CN(C2(c3ccc(C4(c5ccn[nH]5)c5ccccc5-c5cccnc54)cc3)c3ccccc3-c3cccnc32)c2nccnc21. The Bertz CT molecular complexity index is 2240. The summed E-state index contributed by atoms with van der Waals surface area (Å²) in [6.45, 7) is 0.605. The molecule has 0 radical (unpaired) electrons. The van der Waals surface area contributed by atoms with Crippen LogP contribution in [0.4, 0.5) is 11.6 Å². The van der Waals surface area contributed by atoms with E-state index < -0.39 is 11.0 Å². The minimum Gasteiger partial charge on any atom is -0.339 e. The largest absolute Gasteiger partial charge is 0.339 e. The first-order chi connectivity index (χ1) is 23.2. The summed E-state index contributed by atoms with van der Waals surface area (Å²) < 4.78 is 0. The van der Waals surface area contributed by atoms with Gasteiger partial charge in [-0.15, -0.1) is 0 Å². The molecule has 0 saturated heterocycles. The van der Waals surface area contributed by atoms with Gasteiger partial charge in [0.1, 0.15) is 11.0 Å². The Morgan fingerprint density at radius 1 is 0.553 bits per heavy atom. The molecule has 2 atom stereocenters. The molecule has 0 fully saturated rings. The molecule has 10 rings (SSSR count). The molecular formula is C39H28N8. The average Bonchev–Trinajstić information content (AvgIpc) is 3.91. The molecule has 3 aliphatic rings. The van der Waals surface area contributed by atoms with Crippen molar-refractivity contribution in [3.05, 3.63) is 173 Å². The van der Waals surface area contributed by atoms with E-state index >= 15 is 0 Å². The zero-order valence-corrected chi connectivity index (χ0v) is 25.5. The van der Waals surface area contributed by atoms with Crippen molar-refractivity contribution in [2.75, 3.05) is 23.5 Å². The quantitative estimate of drug-likeness (QED) is 0.243. The van der Waals surface area contributed by atoms with Crippen molar-refractivity contribution >= 4 is 11.6 Å². The Morgan fingerprint density at radius 3 is 1.91 bits per heavy atom. The highest BCUT2D eigenvalue weighted by molar-refractivity contribution is 5.87. The van der Waals surface area contributed by atoms with Crippen LogP contribution in [0.1, 0.15) is 39.3 Å². The standard InChI is InChI=1S/C39H28N8/c1-46-24-47(37-36(46)42-22-23-43-37)39(32-13-5-3-9-28(32)30-11-7-20-41-35(30)39)26-16-14-25(15-17-26)38(33-18-21-44-45-33)31-12-4-2-8-27(31)29-10-6-19-40-34(29)38/h2-23H,24H2,1H3,(H,44,45). The third kappa shape index (κ3) is 3.19. The van der Waals surface area contributed by atoms with E-state index in [0.29, 0.717) is 6.67 Å². The first-order valence-electron chi connectivity index (χ1n) is 15.8. The Morgan fingerprint density at radius 2 is 1.17 bits per heavy atom. The molecule has 2 unspecified atom stereocenters. The fourth-order valence-corrected chi connectivity index (χ4v) is 8.43. The average molecular weight is 609 g/mol. The summed E-state index contributed by atoms with van der Waals surface area (Å²) in [6, 6.07) is 36.8. The summed E-state index contributed by atoms with van der Waals surface area (Å²) in [5, 5.41) is 7.76. The molecular weight excluding hydrogens is 580 g/mol. The van der Waals surface area contributed by atoms with Gasteiger partial charge in [-0.25, -0.2) is 9.97 Å². The van der Waals surface area contributed by atoms with E-state index in [1.807, 2.05) is 30.7 Å². The minimum atomic E-state index is -0.744. The van der Waals surface area contributed by atoms with Gasteiger partial charge in [0.05, 0.1) is 23.8 Å². The summed E-state index contributed by atoms with van der Waals surface area (Å²) in [4.78, 5) is 24.3. The van der Waals surface area contributed by atoms with Gasteiger partial charge in [-0.05, 0) is 51.6 Å². The normalized spacial score (nSPS) is 20.0. The highest BCUT2D eigenvalue weighted by Gasteiger charge is 2.54. The van der Waals surface area contributed by atoms with E-state index in [9.17, 15) is 0 Å². The van der Waals surface area contributed by atoms with Gasteiger partial charge in [-0.2, -0.15) is 5.10 Å². The lowest BCUT2D eigenvalue weighted by Gasteiger charge is -2.41. The van der Waals surface area contributed by atoms with Crippen molar-refractivity contribution in [3.63, 3.8) is 0 Å². The molecule has 47 heavy (non-hydrogen) atoms. The van der Waals surface area contributed by atoms with E-state index in [1.165, 1.54) is 22.3 Å². The fourth-order valence-electron chi connectivity index (χ4n) is 8.43. The van der Waals surface area contributed by atoms with Crippen LogP contribution in [0, 0.1) is 0 Å². The fraction of sp³-hybridized carbons (Fsp3) is 0.103. The number of benzene rings is 3. The summed E-state index contributed by atoms with van der Waals surface area (Å²) in [6.07, 6.45) is 9.15. The second-order valence-corrected chi connectivity index (χ2v) is 12.4. The zero-order chi connectivity index (χ0) is 31.2. The molecule has 8 heteroatoms. The number of fused-ring (bicyclic) bond motifs is 7. The predicted molar refractivity (Wildman–Crippen MR) is 181 cm³/mol. The Labute approximate surface area is 271 Å². The predicted octanol–water partition coefficient (Wildman–Crippen LogP) is 6.54. The van der Waals surface area contributed by atoms with E-state index in [1.54, 1.807) is 12.4 Å². The number of anilines is 2. The molecule has 3 aromatic carbocycles. The minimum absolute atomic E-state index is 0.605. The van der Waals surface area contributed by atoms with Crippen LogP contribution in [0.25, 0.3) is 22.3 Å². The molecule has 0 amide bonds. The molecule has 1 N–H and O–H groups in total. The van der Waals surface area contributed by atoms with Crippen molar-refractivity contribution in [3.8, 4) is 22.3 Å². The van der Waals surface area contributed by atoms with Gasteiger partial charge in [-0.1, -0.05) is 84.9 Å². The van der Waals surface area contributed by atoms with E-state index in [2.05, 4.69) is 118 Å². The maximum atomic E-state index is 5.13. The van der Waals surface area contributed by atoms with Gasteiger partial charge in [0.2, 0.25) is 0 Å². The molecule has 5 heterocycles. The molecule has 1 aliphatic heterocycles. The number of hydrogen-bond donors (Lipinski definition) is 1. The van der Waals surface area contributed by atoms with Crippen molar-refractivity contribution in [1.82, 2.24) is 30.1 Å². The van der Waals surface area contributed by atoms with Crippen molar-refractivity contribution in [2.45, 2.75) is 11.0 Å². The molecule has 0 saturated carbocycles. The van der Waals surface area contributed by atoms with Crippen LogP contribution in [0.2, 0.25) is 0 Å². The summed E-state index contributed by atoms with van der Waals surface area (Å²) in [5.74, 6) is 1.69. The first-order valence-corrected chi connectivity index (χ1v) is 15.8. The Balaban J connectivity index is 1.25. The van der Waals surface area contributed by atoms with Crippen molar-refractivity contribution in [2.24, 2.45) is 0 Å². The number of aromatic nitrogens is 6. The summed E-state index contributed by atoms with van der Waals surface area (Å²) in [7, 11) is 2.07. The molecule has 7 aromatic rings. The highest BCUT2D eigenvalue weighted by atomic mass is 15.4. The Hall–Kier alpha value is -6.15. The number of nitrogens with zero attached hydrogens (tertiary/aromatic N) is 7. The number of hydrogen-bond acceptors (Lipinski definition) is 7. The van der Waals surface area contributed by atoms with E-state index in [-0.39, 0.29) is 0 Å². The third-order valence-electron chi connectivity index (χ3n) is 10.2. The van der Waals surface area contributed by atoms with Gasteiger partial charge in [0.15, 0.2) is 11.6 Å². The van der Waals surface area contributed by atoms with Crippen molar-refractivity contribution in [1.29, 1.82) is 0 Å². The van der Waals surface area contributed by atoms with Crippen LogP contribution in [-0.2, 0) is 11.0 Å². The number of rotatable bonds is 4. The summed E-state index contributed by atoms with van der Waals surface area (Å²) >= 11 is 0. The van der Waals surface area contributed by atoms with Gasteiger partial charge in [0.25, 0.3) is 0 Å². The summed E-state index contributed by atoms with van der Waals surface area (Å²) in [5.41, 5.74) is 10.8. The highest BCUT2D eigenvalue weighted by Crippen LogP contribution is 2.58. The molecule has 8 nitrogen and oxygen atoms in total. The lowest BCUT2D eigenvalue weighted by atomic mass is 9.71. The van der Waals surface area contributed by atoms with Crippen LogP contribution in [0.3, 0.4) is 0 Å². The molecule has 4 aromatic heterocycles. The lowest BCUT2D eigenvalue weighted by Crippen LogP contribution is -2.49. The Kier molecular flexibility index (Phi) is 5.24. The van der Waals surface area contributed by atoms with E-state index in [0.717, 1.165) is 51.0 Å². The third-order valence-corrected chi connectivity index (χ3v) is 10.2. The second-order valence-electron chi connectivity index (χ2n) is 12.4. The maximum Gasteiger partial charge on any atom is 0.174 e. The number of pyridine rings is 2. The van der Waals surface area contributed by atoms with Crippen LogP contribution in [0.5, 0.6) is 0 Å². The molecule has 224 valence electrons. The van der Waals surface area contributed by atoms with Gasteiger partial charge in [-0.3, -0.25) is 15.1 Å². The number of aromatic amines is 1. The van der Waals surface area contributed by atoms with E-state index in [4.69, 9.17) is 19.9 Å². The van der Waals surface area contributed by atoms with Crippen LogP contribution < -0.4 is 9.80 Å². The van der Waals surface area contributed by atoms with Crippen LogP contribution in [-0.4, -0.2) is 43.8 Å². The second kappa shape index (κ2) is 9.43. The van der Waals surface area contributed by atoms with Gasteiger partial charge >= 0.3 is 0 Å². The van der Waals surface area contributed by atoms with Gasteiger partial charge in [0, 0.05) is 49.2 Å². The maximum absolute atomic E-state index is 5.13. The molecule has 2 aliphatic carbocycles. The smallest absolute Gasteiger partial charge is 0.174 e. The lowest BCUT2D eigenvalue weighted by molar-refractivity contribution is 0.564. The molecule has 0 bridgehead atoms. The monoisotopic (exact) mass is 608 g/mol. The topological polar surface area (TPSA) is 86.7 Å². The van der Waals surface area contributed by atoms with Crippen molar-refractivity contribution < 1.29 is 0 Å². The van der Waals surface area contributed by atoms with Crippen LogP contribution >= 0.6 is 0 Å². The van der Waals surface area contributed by atoms with Crippen LogP contribution in [0.15, 0.2) is 134 Å². The molecule has 0 spiro atoms. The number of H-pyrrole nitrogens is 1. The first kappa shape index (κ1) is 26.1.